The van der Waals surface area contributed by atoms with Gasteiger partial charge in [-0.2, -0.15) is 12.6 Å². The van der Waals surface area contributed by atoms with Crippen LogP contribution in [0.5, 0.6) is 0 Å². The lowest BCUT2D eigenvalue weighted by molar-refractivity contribution is 0.262. The van der Waals surface area contributed by atoms with Crippen molar-refractivity contribution in [3.63, 3.8) is 0 Å². The number of imidazole rings is 1. The highest BCUT2D eigenvalue weighted by molar-refractivity contribution is 7.81. The van der Waals surface area contributed by atoms with Crippen LogP contribution in [0.4, 0.5) is 21.3 Å². The molecule has 0 aliphatic carbocycles. The average molecular weight is 443 g/mol. The first-order valence-electron chi connectivity index (χ1n) is 10.1. The Kier molecular flexibility index (Phi) is 6.29. The second-order valence-corrected chi connectivity index (χ2v) is 9.09. The number of aryl methyl sites for hydroxylation is 2. The van der Waals surface area contributed by atoms with Crippen LogP contribution in [0.1, 0.15) is 40.8 Å². The average Bonchev–Trinajstić information content (AvgIpc) is 3.38. The smallest absolute Gasteiger partial charge is 0.325 e. The van der Waals surface area contributed by atoms with E-state index in [4.69, 9.17) is 0 Å². The molecule has 0 bridgehead atoms. The molecule has 30 heavy (non-hydrogen) atoms. The summed E-state index contributed by atoms with van der Waals surface area (Å²) in [5.41, 5.74) is 3.08. The number of nitrogens with zero attached hydrogens (tertiary/aromatic N) is 4. The van der Waals surface area contributed by atoms with Gasteiger partial charge in [-0.15, -0.1) is 11.3 Å². The van der Waals surface area contributed by atoms with Gasteiger partial charge in [0.25, 0.3) is 0 Å². The normalized spacial score (nSPS) is 15.1. The fourth-order valence-corrected chi connectivity index (χ4v) is 4.90. The van der Waals surface area contributed by atoms with E-state index in [1.54, 1.807) is 12.4 Å². The summed E-state index contributed by atoms with van der Waals surface area (Å²) < 4.78 is 1.93. The SMILES string of the molecule is Cc1ccc(NC(=O)Nc2ncc(C(S)c3nccn3C)s2)c(N2CCCCC2)c1. The molecule has 1 aliphatic rings. The number of carbonyl (C=O) groups is 1. The van der Waals surface area contributed by atoms with Crippen LogP contribution >= 0.6 is 24.0 Å². The molecule has 3 aromatic rings. The topological polar surface area (TPSA) is 75.1 Å². The lowest BCUT2D eigenvalue weighted by atomic mass is 10.1. The number of amides is 2. The van der Waals surface area contributed by atoms with Gasteiger partial charge in [0.05, 0.1) is 16.6 Å². The number of thiazole rings is 1. The van der Waals surface area contributed by atoms with Crippen molar-refractivity contribution in [2.24, 2.45) is 7.05 Å². The second kappa shape index (κ2) is 9.09. The third-order valence-corrected chi connectivity index (χ3v) is 6.88. The predicted molar refractivity (Wildman–Crippen MR) is 126 cm³/mol. The Hall–Kier alpha value is -2.52. The Morgan fingerprint density at radius 3 is 2.73 bits per heavy atom. The number of urea groups is 1. The fraction of sp³-hybridized carbons (Fsp3) is 0.381. The van der Waals surface area contributed by atoms with E-state index in [2.05, 4.69) is 51.1 Å². The lowest BCUT2D eigenvalue weighted by Gasteiger charge is -2.30. The Morgan fingerprint density at radius 2 is 2.00 bits per heavy atom. The van der Waals surface area contributed by atoms with Crippen molar-refractivity contribution < 1.29 is 4.79 Å². The van der Waals surface area contributed by atoms with Gasteiger partial charge in [-0.3, -0.25) is 5.32 Å². The van der Waals surface area contributed by atoms with E-state index in [0.29, 0.717) is 5.13 Å². The highest BCUT2D eigenvalue weighted by Gasteiger charge is 2.19. The molecule has 1 fully saturated rings. The summed E-state index contributed by atoms with van der Waals surface area (Å²) in [6.07, 6.45) is 8.99. The zero-order valence-corrected chi connectivity index (χ0v) is 18.8. The molecular weight excluding hydrogens is 416 g/mol. The van der Waals surface area contributed by atoms with Gasteiger partial charge in [0.15, 0.2) is 5.13 Å². The number of aromatic nitrogens is 3. The number of thiol groups is 1. The number of rotatable bonds is 5. The standard InChI is InChI=1S/C21H26N6OS2/c1-14-6-7-15(16(12-14)27-9-4-3-5-10-27)24-20(28)25-21-23-13-17(30-21)18(29)19-22-8-11-26(19)2/h6-8,11-13,18,29H,3-5,9-10H2,1-2H3,(H2,23,24,25,28). The van der Waals surface area contributed by atoms with E-state index in [1.807, 2.05) is 29.9 Å². The minimum atomic E-state index is -0.300. The van der Waals surface area contributed by atoms with Gasteiger partial charge in [0.1, 0.15) is 5.82 Å². The number of anilines is 3. The Labute approximate surface area is 185 Å². The molecule has 7 nitrogen and oxygen atoms in total. The van der Waals surface area contributed by atoms with Crippen molar-refractivity contribution in [3.05, 3.63) is 53.1 Å². The summed E-state index contributed by atoms with van der Waals surface area (Å²) in [6, 6.07) is 5.83. The van der Waals surface area contributed by atoms with E-state index in [1.165, 1.54) is 36.2 Å². The molecule has 0 spiro atoms. The molecular formula is C21H26N6OS2. The van der Waals surface area contributed by atoms with Crippen molar-refractivity contribution in [2.45, 2.75) is 31.4 Å². The van der Waals surface area contributed by atoms with Crippen molar-refractivity contribution in [2.75, 3.05) is 28.6 Å². The van der Waals surface area contributed by atoms with Gasteiger partial charge in [-0.25, -0.2) is 14.8 Å². The number of benzene rings is 1. The quantitative estimate of drug-likeness (QED) is 0.494. The fourth-order valence-electron chi connectivity index (χ4n) is 3.63. The predicted octanol–water partition coefficient (Wildman–Crippen LogP) is 4.84. The number of piperidine rings is 1. The van der Waals surface area contributed by atoms with E-state index in [9.17, 15) is 4.79 Å². The van der Waals surface area contributed by atoms with Crippen LogP contribution < -0.4 is 15.5 Å². The van der Waals surface area contributed by atoms with Gasteiger partial charge < -0.3 is 14.8 Å². The highest BCUT2D eigenvalue weighted by atomic mass is 32.1. The molecule has 1 aromatic carbocycles. The van der Waals surface area contributed by atoms with Crippen LogP contribution in [0, 0.1) is 6.92 Å². The summed E-state index contributed by atoms with van der Waals surface area (Å²) in [5.74, 6) is 0.837. The molecule has 1 atom stereocenters. The number of carbonyl (C=O) groups excluding carboxylic acids is 1. The summed E-state index contributed by atoms with van der Waals surface area (Å²) in [7, 11) is 1.93. The third-order valence-electron chi connectivity index (χ3n) is 5.21. The monoisotopic (exact) mass is 442 g/mol. The molecule has 4 rings (SSSR count). The molecule has 1 aliphatic heterocycles. The van der Waals surface area contributed by atoms with E-state index >= 15 is 0 Å². The van der Waals surface area contributed by atoms with Crippen LogP contribution in [0.2, 0.25) is 0 Å². The summed E-state index contributed by atoms with van der Waals surface area (Å²) in [4.78, 5) is 24.6. The summed E-state index contributed by atoms with van der Waals surface area (Å²) >= 11 is 6.06. The molecule has 2 aromatic heterocycles. The third kappa shape index (κ3) is 4.62. The first-order chi connectivity index (χ1) is 14.5. The van der Waals surface area contributed by atoms with E-state index in [-0.39, 0.29) is 11.3 Å². The maximum Gasteiger partial charge on any atom is 0.325 e. The van der Waals surface area contributed by atoms with Gasteiger partial charge in [0, 0.05) is 43.6 Å². The van der Waals surface area contributed by atoms with Crippen molar-refractivity contribution in [1.82, 2.24) is 14.5 Å². The molecule has 3 heterocycles. The molecule has 1 unspecified atom stereocenters. The lowest BCUT2D eigenvalue weighted by Crippen LogP contribution is -2.31. The molecule has 2 amide bonds. The van der Waals surface area contributed by atoms with Gasteiger partial charge in [0.2, 0.25) is 0 Å². The number of nitrogens with one attached hydrogen (secondary N) is 2. The maximum absolute atomic E-state index is 12.7. The van der Waals surface area contributed by atoms with Crippen molar-refractivity contribution in [3.8, 4) is 0 Å². The molecule has 9 heteroatoms. The highest BCUT2D eigenvalue weighted by Crippen LogP contribution is 2.33. The number of hydrogen-bond acceptors (Lipinski definition) is 6. The van der Waals surface area contributed by atoms with Gasteiger partial charge in [-0.05, 0) is 43.9 Å². The summed E-state index contributed by atoms with van der Waals surface area (Å²) in [5, 5.41) is 6.19. The van der Waals surface area contributed by atoms with Crippen molar-refractivity contribution >= 4 is 46.5 Å². The zero-order valence-electron chi connectivity index (χ0n) is 17.1. The first-order valence-corrected chi connectivity index (χ1v) is 11.4. The molecule has 0 radical (unpaired) electrons. The minimum Gasteiger partial charge on any atom is -0.370 e. The van der Waals surface area contributed by atoms with Crippen molar-refractivity contribution in [1.29, 1.82) is 0 Å². The minimum absolute atomic E-state index is 0.191. The molecule has 1 saturated heterocycles. The Morgan fingerprint density at radius 1 is 1.20 bits per heavy atom. The van der Waals surface area contributed by atoms with Gasteiger partial charge >= 0.3 is 6.03 Å². The maximum atomic E-state index is 12.7. The molecule has 2 N–H and O–H groups in total. The second-order valence-electron chi connectivity index (χ2n) is 7.51. The van der Waals surface area contributed by atoms with Crippen LogP contribution in [-0.2, 0) is 7.05 Å². The van der Waals surface area contributed by atoms with E-state index in [0.717, 1.165) is 35.2 Å². The van der Waals surface area contributed by atoms with Gasteiger partial charge in [-0.1, -0.05) is 6.07 Å². The zero-order chi connectivity index (χ0) is 21.1. The Balaban J connectivity index is 1.44. The van der Waals surface area contributed by atoms with Crippen LogP contribution in [0.15, 0.2) is 36.8 Å². The Bertz CT molecular complexity index is 1020. The first kappa shape index (κ1) is 20.7. The largest absolute Gasteiger partial charge is 0.370 e. The van der Waals surface area contributed by atoms with Crippen LogP contribution in [0.25, 0.3) is 0 Å². The van der Waals surface area contributed by atoms with Crippen LogP contribution in [-0.4, -0.2) is 33.7 Å². The van der Waals surface area contributed by atoms with E-state index < -0.39 is 0 Å². The molecule has 158 valence electrons. The molecule has 0 saturated carbocycles. The van der Waals surface area contributed by atoms with Crippen LogP contribution in [0.3, 0.4) is 0 Å². The summed E-state index contributed by atoms with van der Waals surface area (Å²) in [6.45, 7) is 4.11. The number of hydrogen-bond donors (Lipinski definition) is 3.